The van der Waals surface area contributed by atoms with Gasteiger partial charge in [-0.2, -0.15) is 0 Å². The number of anilines is 1. The lowest BCUT2D eigenvalue weighted by molar-refractivity contribution is -0.147. The van der Waals surface area contributed by atoms with Crippen molar-refractivity contribution in [3.05, 3.63) is 64.3 Å². The summed E-state index contributed by atoms with van der Waals surface area (Å²) in [5, 5.41) is 2.53. The van der Waals surface area contributed by atoms with Crippen LogP contribution in [-0.4, -0.2) is 28.0 Å². The van der Waals surface area contributed by atoms with Crippen LogP contribution < -0.4 is 10.9 Å². The van der Waals surface area contributed by atoms with E-state index in [0.29, 0.717) is 18.7 Å². The van der Waals surface area contributed by atoms with Crippen molar-refractivity contribution in [2.24, 2.45) is 0 Å². The molecule has 2 aromatic rings. The summed E-state index contributed by atoms with van der Waals surface area (Å²) in [5.74, 6) is -0.382. The molecule has 1 aromatic carbocycles. The number of carbonyl (C=O) groups is 2. The van der Waals surface area contributed by atoms with Crippen molar-refractivity contribution < 1.29 is 14.3 Å². The molecule has 1 aliphatic rings. The largest absolute Gasteiger partial charge is 0.464 e. The molecule has 3 rings (SSSR count). The SMILES string of the molecule is CCOC(=O)[C@@H]1CCc2ncc(NC(=O)/C=C/c3ccccc3)c(=O)n21. The molecule has 0 unspecified atom stereocenters. The van der Waals surface area contributed by atoms with Crippen LogP contribution in [0.4, 0.5) is 5.69 Å². The van der Waals surface area contributed by atoms with Crippen LogP contribution in [0.2, 0.25) is 0 Å². The van der Waals surface area contributed by atoms with Crippen molar-refractivity contribution in [2.45, 2.75) is 25.8 Å². The van der Waals surface area contributed by atoms with Gasteiger partial charge in [-0.15, -0.1) is 0 Å². The third-order valence-corrected chi connectivity index (χ3v) is 4.07. The molecule has 0 bridgehead atoms. The maximum atomic E-state index is 12.7. The van der Waals surface area contributed by atoms with E-state index in [0.717, 1.165) is 5.56 Å². The van der Waals surface area contributed by atoms with Crippen LogP contribution in [0.3, 0.4) is 0 Å². The molecule has 7 heteroatoms. The fourth-order valence-corrected chi connectivity index (χ4v) is 2.86. The van der Waals surface area contributed by atoms with Gasteiger partial charge in [-0.05, 0) is 25.0 Å². The maximum absolute atomic E-state index is 12.7. The minimum Gasteiger partial charge on any atom is -0.464 e. The van der Waals surface area contributed by atoms with Crippen LogP contribution in [0.15, 0.2) is 47.4 Å². The highest BCUT2D eigenvalue weighted by molar-refractivity contribution is 6.01. The number of aryl methyl sites for hydroxylation is 1. The molecule has 0 saturated heterocycles. The maximum Gasteiger partial charge on any atom is 0.329 e. The molecule has 26 heavy (non-hydrogen) atoms. The summed E-state index contributed by atoms with van der Waals surface area (Å²) in [7, 11) is 0. The molecule has 1 aromatic heterocycles. The van der Waals surface area contributed by atoms with Crippen LogP contribution in [0, 0.1) is 0 Å². The zero-order valence-electron chi connectivity index (χ0n) is 14.3. The highest BCUT2D eigenvalue weighted by atomic mass is 16.5. The smallest absolute Gasteiger partial charge is 0.329 e. The van der Waals surface area contributed by atoms with Gasteiger partial charge in [-0.3, -0.25) is 14.2 Å². The average molecular weight is 353 g/mol. The number of aromatic nitrogens is 2. The normalized spacial score (nSPS) is 15.7. The number of carbonyl (C=O) groups excluding carboxylic acids is 2. The molecule has 2 heterocycles. The van der Waals surface area contributed by atoms with Gasteiger partial charge in [-0.25, -0.2) is 9.78 Å². The summed E-state index contributed by atoms with van der Waals surface area (Å²) >= 11 is 0. The molecule has 134 valence electrons. The molecular formula is C19H19N3O4. The van der Waals surface area contributed by atoms with Crippen molar-refractivity contribution in [3.63, 3.8) is 0 Å². The van der Waals surface area contributed by atoms with Crippen LogP contribution in [0.5, 0.6) is 0 Å². The fourth-order valence-electron chi connectivity index (χ4n) is 2.86. The summed E-state index contributed by atoms with van der Waals surface area (Å²) in [6, 6.07) is 8.64. The second-order valence-corrected chi connectivity index (χ2v) is 5.80. The Labute approximate surface area is 150 Å². The van der Waals surface area contributed by atoms with Gasteiger partial charge < -0.3 is 10.1 Å². The van der Waals surface area contributed by atoms with Gasteiger partial charge in [0.25, 0.3) is 5.56 Å². The lowest BCUT2D eigenvalue weighted by Crippen LogP contribution is -2.32. The average Bonchev–Trinajstić information content (AvgIpc) is 3.08. The number of amides is 1. The first-order valence-corrected chi connectivity index (χ1v) is 8.41. The van der Waals surface area contributed by atoms with Gasteiger partial charge in [-0.1, -0.05) is 30.3 Å². The Morgan fingerprint density at radius 3 is 2.85 bits per heavy atom. The fraction of sp³-hybridized carbons (Fsp3) is 0.263. The van der Waals surface area contributed by atoms with E-state index in [-0.39, 0.29) is 12.3 Å². The van der Waals surface area contributed by atoms with Gasteiger partial charge in [0.1, 0.15) is 17.6 Å². The molecule has 7 nitrogen and oxygen atoms in total. The first-order chi connectivity index (χ1) is 12.6. The number of ether oxygens (including phenoxy) is 1. The monoisotopic (exact) mass is 353 g/mol. The predicted molar refractivity (Wildman–Crippen MR) is 96.6 cm³/mol. The van der Waals surface area contributed by atoms with Crippen LogP contribution in [0.1, 0.15) is 30.8 Å². The number of nitrogens with one attached hydrogen (secondary N) is 1. The van der Waals surface area contributed by atoms with Gasteiger partial charge in [0.15, 0.2) is 0 Å². The Hall–Kier alpha value is -3.22. The van der Waals surface area contributed by atoms with E-state index in [9.17, 15) is 14.4 Å². The van der Waals surface area contributed by atoms with Crippen LogP contribution in [0.25, 0.3) is 6.08 Å². The van der Waals surface area contributed by atoms with Gasteiger partial charge in [0, 0.05) is 12.5 Å². The molecule has 0 saturated carbocycles. The molecule has 1 aliphatic heterocycles. The Morgan fingerprint density at radius 2 is 2.12 bits per heavy atom. The first kappa shape index (κ1) is 17.6. The van der Waals surface area contributed by atoms with E-state index >= 15 is 0 Å². The lowest BCUT2D eigenvalue weighted by Gasteiger charge is -2.13. The van der Waals surface area contributed by atoms with Gasteiger partial charge >= 0.3 is 5.97 Å². The van der Waals surface area contributed by atoms with E-state index in [1.165, 1.54) is 16.8 Å². The zero-order valence-corrected chi connectivity index (χ0v) is 14.3. The molecule has 0 radical (unpaired) electrons. The predicted octanol–water partition coefficient (Wildman–Crippen LogP) is 1.95. The first-order valence-electron chi connectivity index (χ1n) is 8.41. The summed E-state index contributed by atoms with van der Waals surface area (Å²) in [5.41, 5.74) is 0.452. The highest BCUT2D eigenvalue weighted by Gasteiger charge is 2.32. The summed E-state index contributed by atoms with van der Waals surface area (Å²) < 4.78 is 6.34. The summed E-state index contributed by atoms with van der Waals surface area (Å²) in [6.07, 6.45) is 5.30. The van der Waals surface area contributed by atoms with Gasteiger partial charge in [0.2, 0.25) is 5.91 Å². The van der Waals surface area contributed by atoms with E-state index in [1.807, 2.05) is 30.3 Å². The summed E-state index contributed by atoms with van der Waals surface area (Å²) in [4.78, 5) is 41.0. The minimum atomic E-state index is -0.693. The third-order valence-electron chi connectivity index (χ3n) is 4.07. The molecule has 1 N–H and O–H groups in total. The van der Waals surface area contributed by atoms with Crippen LogP contribution in [-0.2, 0) is 20.7 Å². The van der Waals surface area contributed by atoms with Crippen molar-refractivity contribution in [2.75, 3.05) is 11.9 Å². The highest BCUT2D eigenvalue weighted by Crippen LogP contribution is 2.24. The number of rotatable bonds is 5. The quantitative estimate of drug-likeness (QED) is 0.655. The molecular weight excluding hydrogens is 334 g/mol. The van der Waals surface area contributed by atoms with Crippen molar-refractivity contribution in [1.82, 2.24) is 9.55 Å². The topological polar surface area (TPSA) is 90.3 Å². The second kappa shape index (κ2) is 7.77. The molecule has 0 spiro atoms. The van der Waals surface area contributed by atoms with E-state index in [2.05, 4.69) is 10.3 Å². The Morgan fingerprint density at radius 1 is 1.35 bits per heavy atom. The lowest BCUT2D eigenvalue weighted by atomic mass is 10.2. The van der Waals surface area contributed by atoms with E-state index in [4.69, 9.17) is 4.74 Å². The Bertz CT molecular complexity index is 903. The Balaban J connectivity index is 1.79. The number of nitrogens with zero attached hydrogens (tertiary/aromatic N) is 2. The Kier molecular flexibility index (Phi) is 5.26. The number of benzene rings is 1. The third kappa shape index (κ3) is 3.72. The number of fused-ring (bicyclic) bond motifs is 1. The molecule has 0 fully saturated rings. The summed E-state index contributed by atoms with van der Waals surface area (Å²) in [6.45, 7) is 1.96. The van der Waals surface area contributed by atoms with Crippen LogP contribution >= 0.6 is 0 Å². The second-order valence-electron chi connectivity index (χ2n) is 5.80. The molecule has 0 aliphatic carbocycles. The van der Waals surface area contributed by atoms with Crippen molar-refractivity contribution in [3.8, 4) is 0 Å². The van der Waals surface area contributed by atoms with E-state index < -0.39 is 23.5 Å². The van der Waals surface area contributed by atoms with E-state index in [1.54, 1.807) is 13.0 Å². The van der Waals surface area contributed by atoms with Crippen molar-refractivity contribution >= 4 is 23.6 Å². The number of esters is 1. The van der Waals surface area contributed by atoms with Gasteiger partial charge in [0.05, 0.1) is 12.8 Å². The van der Waals surface area contributed by atoms with Crippen molar-refractivity contribution in [1.29, 1.82) is 0 Å². The standard InChI is InChI=1S/C19H19N3O4/c1-2-26-19(25)15-9-10-16-20-12-14(18(24)22(15)16)21-17(23)11-8-13-6-4-3-5-7-13/h3-8,11-12,15H,2,9-10H2,1H3,(H,21,23)/b11-8+/t15-/m0/s1. The number of hydrogen-bond donors (Lipinski definition) is 1. The zero-order chi connectivity index (χ0) is 18.5. The molecule has 1 atom stereocenters. The molecule has 1 amide bonds. The number of hydrogen-bond acceptors (Lipinski definition) is 5. The minimum absolute atomic E-state index is 0.0349.